The van der Waals surface area contributed by atoms with Crippen LogP contribution in [0.15, 0.2) is 65.9 Å². The maximum atomic E-state index is 12.8. The average molecular weight is 388 g/mol. The lowest BCUT2D eigenvalue weighted by molar-refractivity contribution is -0.140. The Morgan fingerprint density at radius 2 is 1.79 bits per heavy atom. The van der Waals surface area contributed by atoms with Crippen LogP contribution in [0.3, 0.4) is 0 Å². The summed E-state index contributed by atoms with van der Waals surface area (Å²) in [6, 6.07) is 13.5. The van der Waals surface area contributed by atoms with Crippen LogP contribution < -0.4 is 15.4 Å². The van der Waals surface area contributed by atoms with Crippen LogP contribution in [0, 0.1) is 0 Å². The molecule has 0 aliphatic carbocycles. The highest BCUT2D eigenvalue weighted by Crippen LogP contribution is 2.34. The quantitative estimate of drug-likeness (QED) is 0.741. The number of alkyl halides is 2. The Labute approximate surface area is 160 Å². The van der Waals surface area contributed by atoms with Gasteiger partial charge in [-0.05, 0) is 18.6 Å². The van der Waals surface area contributed by atoms with E-state index in [1.807, 2.05) is 18.2 Å². The van der Waals surface area contributed by atoms with E-state index in [1.54, 1.807) is 25.1 Å². The summed E-state index contributed by atoms with van der Waals surface area (Å²) in [5, 5.41) is 5.08. The summed E-state index contributed by atoms with van der Waals surface area (Å²) >= 11 is 0. The van der Waals surface area contributed by atoms with Crippen molar-refractivity contribution < 1.29 is 27.8 Å². The lowest BCUT2D eigenvalue weighted by Gasteiger charge is -2.29. The van der Waals surface area contributed by atoms with E-state index in [0.717, 1.165) is 5.56 Å². The predicted molar refractivity (Wildman–Crippen MR) is 96.4 cm³/mol. The number of allylic oxidation sites excluding steroid dienone is 1. The predicted octanol–water partition coefficient (Wildman–Crippen LogP) is 3.66. The molecule has 0 saturated heterocycles. The van der Waals surface area contributed by atoms with Crippen LogP contribution in [-0.2, 0) is 16.1 Å². The van der Waals surface area contributed by atoms with Gasteiger partial charge in [0.25, 0.3) is 0 Å². The largest absolute Gasteiger partial charge is 0.457 e. The first kappa shape index (κ1) is 19.3. The van der Waals surface area contributed by atoms with Gasteiger partial charge in [-0.25, -0.2) is 9.59 Å². The first-order valence-corrected chi connectivity index (χ1v) is 8.48. The Morgan fingerprint density at radius 3 is 2.50 bits per heavy atom. The van der Waals surface area contributed by atoms with Gasteiger partial charge in [0, 0.05) is 11.3 Å². The Hall–Kier alpha value is -3.42. The number of hydrogen-bond acceptors (Lipinski definition) is 4. The molecular weight excluding hydrogens is 370 g/mol. The van der Waals surface area contributed by atoms with Crippen LogP contribution in [0.2, 0.25) is 0 Å². The van der Waals surface area contributed by atoms with E-state index < -0.39 is 24.7 Å². The SMILES string of the molecule is CC1=C(C(=O)OCc2ccccc2)[C@@H](c2ccccc2OC(F)F)NC(=O)N1. The van der Waals surface area contributed by atoms with Gasteiger partial charge in [-0.1, -0.05) is 48.5 Å². The summed E-state index contributed by atoms with van der Waals surface area (Å²) in [5.41, 5.74) is 1.41. The number of nitrogens with one attached hydrogen (secondary N) is 2. The summed E-state index contributed by atoms with van der Waals surface area (Å²) in [6.07, 6.45) is 0. The first-order chi connectivity index (χ1) is 13.5. The van der Waals surface area contributed by atoms with Crippen molar-refractivity contribution in [3.8, 4) is 5.75 Å². The van der Waals surface area contributed by atoms with Crippen LogP contribution in [0.1, 0.15) is 24.1 Å². The average Bonchev–Trinajstić information content (AvgIpc) is 2.66. The standard InChI is InChI=1S/C20H18F2N2O4/c1-12-16(18(25)27-11-13-7-3-2-4-8-13)17(24-20(26)23-12)14-9-5-6-10-15(14)28-19(21)22/h2-10,17,19H,11H2,1H3,(H2,23,24,26)/t17-/m1/s1. The van der Waals surface area contributed by atoms with Crippen LogP contribution >= 0.6 is 0 Å². The third-order valence-electron chi connectivity index (χ3n) is 4.15. The second kappa shape index (κ2) is 8.51. The van der Waals surface area contributed by atoms with E-state index in [2.05, 4.69) is 15.4 Å². The van der Waals surface area contributed by atoms with Gasteiger partial charge in [-0.15, -0.1) is 0 Å². The maximum Gasteiger partial charge on any atom is 0.387 e. The fourth-order valence-corrected chi connectivity index (χ4v) is 2.92. The van der Waals surface area contributed by atoms with Crippen molar-refractivity contribution in [1.82, 2.24) is 10.6 Å². The Bertz CT molecular complexity index is 900. The van der Waals surface area contributed by atoms with Crippen LogP contribution in [-0.4, -0.2) is 18.6 Å². The van der Waals surface area contributed by atoms with Crippen molar-refractivity contribution >= 4 is 12.0 Å². The Kier molecular flexibility index (Phi) is 5.88. The molecule has 146 valence electrons. The number of urea groups is 1. The molecule has 2 amide bonds. The van der Waals surface area contributed by atoms with E-state index in [0.29, 0.717) is 0 Å². The molecule has 1 aliphatic heterocycles. The number of ether oxygens (including phenoxy) is 2. The smallest absolute Gasteiger partial charge is 0.387 e. The molecule has 0 bridgehead atoms. The number of carbonyl (C=O) groups is 2. The normalized spacial score (nSPS) is 16.4. The molecule has 1 atom stereocenters. The Balaban J connectivity index is 1.90. The van der Waals surface area contributed by atoms with E-state index in [1.165, 1.54) is 18.2 Å². The number of hydrogen-bond donors (Lipinski definition) is 2. The van der Waals surface area contributed by atoms with E-state index in [4.69, 9.17) is 4.74 Å². The molecule has 0 radical (unpaired) electrons. The molecule has 0 aromatic heterocycles. The van der Waals surface area contributed by atoms with Crippen LogP contribution in [0.4, 0.5) is 13.6 Å². The summed E-state index contributed by atoms with van der Waals surface area (Å²) in [5.74, 6) is -0.809. The van der Waals surface area contributed by atoms with Crippen molar-refractivity contribution in [2.24, 2.45) is 0 Å². The monoisotopic (exact) mass is 388 g/mol. The summed E-state index contributed by atoms with van der Waals surface area (Å²) in [6.45, 7) is -1.47. The van der Waals surface area contributed by atoms with Crippen LogP contribution in [0.5, 0.6) is 5.75 Å². The minimum Gasteiger partial charge on any atom is -0.457 e. The fourth-order valence-electron chi connectivity index (χ4n) is 2.92. The molecule has 0 saturated carbocycles. The molecule has 0 spiro atoms. The van der Waals surface area contributed by atoms with E-state index >= 15 is 0 Å². The molecule has 1 heterocycles. The van der Waals surface area contributed by atoms with E-state index in [-0.39, 0.29) is 29.2 Å². The van der Waals surface area contributed by atoms with Crippen molar-refractivity contribution in [2.75, 3.05) is 0 Å². The summed E-state index contributed by atoms with van der Waals surface area (Å²) in [4.78, 5) is 24.7. The zero-order valence-corrected chi connectivity index (χ0v) is 14.9. The van der Waals surface area contributed by atoms with Crippen molar-refractivity contribution in [2.45, 2.75) is 26.2 Å². The number of carbonyl (C=O) groups excluding carboxylic acids is 2. The lowest BCUT2D eigenvalue weighted by Crippen LogP contribution is -2.45. The molecular formula is C20H18F2N2O4. The number of benzene rings is 2. The van der Waals surface area contributed by atoms with Crippen LogP contribution in [0.25, 0.3) is 0 Å². The molecule has 2 aromatic rings. The molecule has 3 rings (SSSR count). The maximum absolute atomic E-state index is 12.8. The molecule has 0 unspecified atom stereocenters. The molecule has 6 nitrogen and oxygen atoms in total. The minimum atomic E-state index is -3.04. The van der Waals surface area contributed by atoms with E-state index in [9.17, 15) is 18.4 Å². The number of amides is 2. The van der Waals surface area contributed by atoms with Gasteiger partial charge in [-0.3, -0.25) is 0 Å². The highest BCUT2D eigenvalue weighted by atomic mass is 19.3. The summed E-state index contributed by atoms with van der Waals surface area (Å²) in [7, 11) is 0. The molecule has 8 heteroatoms. The van der Waals surface area contributed by atoms with Crippen molar-refractivity contribution in [3.63, 3.8) is 0 Å². The first-order valence-electron chi connectivity index (χ1n) is 8.48. The topological polar surface area (TPSA) is 76.7 Å². The highest BCUT2D eigenvalue weighted by molar-refractivity contribution is 5.95. The van der Waals surface area contributed by atoms with Gasteiger partial charge in [0.15, 0.2) is 0 Å². The van der Waals surface area contributed by atoms with Gasteiger partial charge in [0.05, 0.1) is 11.6 Å². The third kappa shape index (κ3) is 4.46. The highest BCUT2D eigenvalue weighted by Gasteiger charge is 2.34. The molecule has 2 aromatic carbocycles. The number of rotatable bonds is 6. The molecule has 28 heavy (non-hydrogen) atoms. The zero-order chi connectivity index (χ0) is 20.1. The second-order valence-electron chi connectivity index (χ2n) is 6.05. The van der Waals surface area contributed by atoms with Gasteiger partial charge in [0.1, 0.15) is 12.4 Å². The van der Waals surface area contributed by atoms with Crippen molar-refractivity contribution in [3.05, 3.63) is 77.0 Å². The van der Waals surface area contributed by atoms with Crippen molar-refractivity contribution in [1.29, 1.82) is 0 Å². The van der Waals surface area contributed by atoms with Gasteiger partial charge >= 0.3 is 18.6 Å². The molecule has 2 N–H and O–H groups in total. The number of halogens is 2. The summed E-state index contributed by atoms with van der Waals surface area (Å²) < 4.78 is 35.4. The molecule has 0 fully saturated rings. The Morgan fingerprint density at radius 1 is 1.11 bits per heavy atom. The number of esters is 1. The van der Waals surface area contributed by atoms with Gasteiger partial charge < -0.3 is 20.1 Å². The zero-order valence-electron chi connectivity index (χ0n) is 14.9. The second-order valence-corrected chi connectivity index (χ2v) is 6.05. The van der Waals surface area contributed by atoms with Gasteiger partial charge in [-0.2, -0.15) is 8.78 Å². The molecule has 1 aliphatic rings. The third-order valence-corrected chi connectivity index (χ3v) is 4.15. The minimum absolute atomic E-state index is 0.0340. The fraction of sp³-hybridized carbons (Fsp3) is 0.200. The number of para-hydroxylation sites is 1. The van der Waals surface area contributed by atoms with Gasteiger partial charge in [0.2, 0.25) is 0 Å². The lowest BCUT2D eigenvalue weighted by atomic mass is 9.95.